The molecule has 0 aliphatic rings. The maximum atomic E-state index is 4.48. The highest BCUT2D eigenvalue weighted by molar-refractivity contribution is 9.09. The van der Waals surface area contributed by atoms with E-state index in [-0.39, 0.29) is 0 Å². The molecule has 0 fully saturated rings. The summed E-state index contributed by atoms with van der Waals surface area (Å²) in [6, 6.07) is 2.21. The molecule has 1 atom stereocenters. The minimum absolute atomic E-state index is 0.347. The lowest BCUT2D eigenvalue weighted by Crippen LogP contribution is -2.22. The van der Waals surface area contributed by atoms with Crippen molar-refractivity contribution in [2.45, 2.75) is 47.1 Å². The van der Waals surface area contributed by atoms with E-state index in [1.165, 1.54) is 12.1 Å². The van der Waals surface area contributed by atoms with Gasteiger partial charge in [-0.1, -0.05) is 29.8 Å². The fourth-order valence-electron chi connectivity index (χ4n) is 1.72. The van der Waals surface area contributed by atoms with Gasteiger partial charge < -0.3 is 0 Å². The molecule has 0 aliphatic heterocycles. The Hall–Kier alpha value is -0.310. The summed E-state index contributed by atoms with van der Waals surface area (Å²) in [5.74, 6) is 0. The van der Waals surface area contributed by atoms with Crippen LogP contribution in [0.2, 0.25) is 0 Å². The van der Waals surface area contributed by atoms with Crippen LogP contribution in [0, 0.1) is 12.3 Å². The van der Waals surface area contributed by atoms with Gasteiger partial charge in [0.1, 0.15) is 0 Å². The summed E-state index contributed by atoms with van der Waals surface area (Å²) in [4.78, 5) is 0. The highest BCUT2D eigenvalue weighted by atomic mass is 79.9. The molecule has 15 heavy (non-hydrogen) atoms. The molecule has 0 bridgehead atoms. The smallest absolute Gasteiger partial charge is 0.0596 e. The first kappa shape index (κ1) is 12.8. The van der Waals surface area contributed by atoms with Crippen molar-refractivity contribution in [2.24, 2.45) is 5.41 Å². The zero-order valence-electron chi connectivity index (χ0n) is 10.2. The molecule has 1 heterocycles. The molecule has 0 saturated heterocycles. The number of rotatable bonds is 5. The first-order valence-corrected chi connectivity index (χ1v) is 6.76. The van der Waals surface area contributed by atoms with Crippen molar-refractivity contribution < 1.29 is 0 Å². The summed E-state index contributed by atoms with van der Waals surface area (Å²) in [5.41, 5.74) is 2.83. The first-order chi connectivity index (χ1) is 7.04. The van der Waals surface area contributed by atoms with Crippen molar-refractivity contribution in [3.05, 3.63) is 17.5 Å². The van der Waals surface area contributed by atoms with Crippen LogP contribution in [0.25, 0.3) is 0 Å². The van der Waals surface area contributed by atoms with Gasteiger partial charge in [0.25, 0.3) is 0 Å². The lowest BCUT2D eigenvalue weighted by molar-refractivity contribution is 0.349. The Bertz CT molecular complexity index is 313. The molecule has 2 nitrogen and oxygen atoms in total. The number of aryl methyl sites for hydroxylation is 2. The Balaban J connectivity index is 2.87. The number of halogens is 1. The molecule has 0 aliphatic carbocycles. The van der Waals surface area contributed by atoms with Crippen LogP contribution in [-0.4, -0.2) is 15.1 Å². The van der Waals surface area contributed by atoms with Crippen LogP contribution < -0.4 is 0 Å². The quantitative estimate of drug-likeness (QED) is 0.750. The van der Waals surface area contributed by atoms with Gasteiger partial charge in [-0.15, -0.1) is 0 Å². The molecule has 0 N–H and O–H groups in total. The predicted octanol–water partition coefficient (Wildman–Crippen LogP) is 3.57. The number of nitrogens with zero attached hydrogens (tertiary/aromatic N) is 2. The SMILES string of the molecule is CCn1nc(C)cc1CC(C)(CC)CBr. The van der Waals surface area contributed by atoms with Gasteiger partial charge in [0.05, 0.1) is 5.69 Å². The van der Waals surface area contributed by atoms with E-state index >= 15 is 0 Å². The number of aromatic nitrogens is 2. The lowest BCUT2D eigenvalue weighted by atomic mass is 9.85. The zero-order chi connectivity index (χ0) is 11.5. The van der Waals surface area contributed by atoms with Crippen LogP contribution in [0.1, 0.15) is 38.6 Å². The Morgan fingerprint density at radius 3 is 2.60 bits per heavy atom. The first-order valence-electron chi connectivity index (χ1n) is 5.64. The van der Waals surface area contributed by atoms with E-state index in [4.69, 9.17) is 0 Å². The van der Waals surface area contributed by atoms with Crippen molar-refractivity contribution in [1.82, 2.24) is 9.78 Å². The van der Waals surface area contributed by atoms with Crippen LogP contribution in [0.3, 0.4) is 0 Å². The van der Waals surface area contributed by atoms with Crippen molar-refractivity contribution in [3.63, 3.8) is 0 Å². The van der Waals surface area contributed by atoms with E-state index in [0.29, 0.717) is 5.41 Å². The Morgan fingerprint density at radius 1 is 1.47 bits per heavy atom. The van der Waals surface area contributed by atoms with Crippen molar-refractivity contribution >= 4 is 15.9 Å². The fraction of sp³-hybridized carbons (Fsp3) is 0.750. The third-order valence-electron chi connectivity index (χ3n) is 3.07. The van der Waals surface area contributed by atoms with Crippen molar-refractivity contribution in [2.75, 3.05) is 5.33 Å². The van der Waals surface area contributed by atoms with Crippen LogP contribution in [0.15, 0.2) is 6.07 Å². The maximum absolute atomic E-state index is 4.48. The molecule has 0 saturated carbocycles. The molecule has 1 aromatic heterocycles. The average molecular weight is 273 g/mol. The van der Waals surface area contributed by atoms with Crippen molar-refractivity contribution in [3.8, 4) is 0 Å². The number of hydrogen-bond acceptors (Lipinski definition) is 1. The topological polar surface area (TPSA) is 17.8 Å². The minimum Gasteiger partial charge on any atom is -0.270 e. The second-order valence-corrected chi connectivity index (χ2v) is 5.13. The Morgan fingerprint density at radius 2 is 2.13 bits per heavy atom. The van der Waals surface area contributed by atoms with E-state index in [2.05, 4.69) is 59.5 Å². The monoisotopic (exact) mass is 272 g/mol. The van der Waals surface area contributed by atoms with Gasteiger partial charge >= 0.3 is 0 Å². The normalized spacial score (nSPS) is 15.3. The molecule has 86 valence electrons. The zero-order valence-corrected chi connectivity index (χ0v) is 11.8. The summed E-state index contributed by atoms with van der Waals surface area (Å²) >= 11 is 3.61. The summed E-state index contributed by atoms with van der Waals surface area (Å²) in [7, 11) is 0. The molecule has 1 aromatic rings. The average Bonchev–Trinajstić information content (AvgIpc) is 2.58. The molecule has 0 amide bonds. The van der Waals surface area contributed by atoms with E-state index < -0.39 is 0 Å². The largest absolute Gasteiger partial charge is 0.270 e. The fourth-order valence-corrected chi connectivity index (χ4v) is 2.31. The standard InChI is InChI=1S/C12H21BrN2/c1-5-12(4,9-13)8-11-7-10(3)14-15(11)6-2/h7H,5-6,8-9H2,1-4H3. The molecule has 3 heteroatoms. The van der Waals surface area contributed by atoms with Gasteiger partial charge in [0, 0.05) is 17.6 Å². The second-order valence-electron chi connectivity index (χ2n) is 4.57. The van der Waals surface area contributed by atoms with Gasteiger partial charge in [-0.3, -0.25) is 4.68 Å². The highest BCUT2D eigenvalue weighted by Gasteiger charge is 2.23. The van der Waals surface area contributed by atoms with Crippen molar-refractivity contribution in [1.29, 1.82) is 0 Å². The third kappa shape index (κ3) is 3.07. The summed E-state index contributed by atoms with van der Waals surface area (Å²) in [6.45, 7) is 9.75. The molecule has 1 rings (SSSR count). The summed E-state index contributed by atoms with van der Waals surface area (Å²) in [6.07, 6.45) is 2.29. The molecule has 0 radical (unpaired) electrons. The van der Waals surface area contributed by atoms with E-state index in [9.17, 15) is 0 Å². The van der Waals surface area contributed by atoms with Gasteiger partial charge in [-0.05, 0) is 38.2 Å². The van der Waals surface area contributed by atoms with Crippen LogP contribution in [0.4, 0.5) is 0 Å². The van der Waals surface area contributed by atoms with Gasteiger partial charge in [-0.25, -0.2) is 0 Å². The summed E-state index contributed by atoms with van der Waals surface area (Å²) < 4.78 is 2.12. The predicted molar refractivity (Wildman–Crippen MR) is 68.5 cm³/mol. The third-order valence-corrected chi connectivity index (χ3v) is 4.42. The van der Waals surface area contributed by atoms with Crippen LogP contribution in [-0.2, 0) is 13.0 Å². The van der Waals surface area contributed by atoms with Gasteiger partial charge in [0.2, 0.25) is 0 Å². The number of alkyl halides is 1. The highest BCUT2D eigenvalue weighted by Crippen LogP contribution is 2.28. The molecular formula is C12H21BrN2. The molecule has 0 spiro atoms. The summed E-state index contributed by atoms with van der Waals surface area (Å²) in [5, 5.41) is 5.53. The van der Waals surface area contributed by atoms with Crippen LogP contribution in [0.5, 0.6) is 0 Å². The van der Waals surface area contributed by atoms with Gasteiger partial charge in [-0.2, -0.15) is 5.10 Å². The maximum Gasteiger partial charge on any atom is 0.0596 e. The Labute approximate surface area is 101 Å². The van der Waals surface area contributed by atoms with E-state index in [1.807, 2.05) is 0 Å². The molecular weight excluding hydrogens is 252 g/mol. The van der Waals surface area contributed by atoms with E-state index in [1.54, 1.807) is 0 Å². The second kappa shape index (κ2) is 5.15. The number of hydrogen-bond donors (Lipinski definition) is 0. The van der Waals surface area contributed by atoms with Gasteiger partial charge in [0.15, 0.2) is 0 Å². The van der Waals surface area contributed by atoms with Crippen LogP contribution >= 0.6 is 15.9 Å². The molecule has 1 unspecified atom stereocenters. The Kier molecular flexibility index (Phi) is 4.38. The van der Waals surface area contributed by atoms with E-state index in [0.717, 1.165) is 24.0 Å². The minimum atomic E-state index is 0.347. The lowest BCUT2D eigenvalue weighted by Gasteiger charge is -2.25. The molecule has 0 aromatic carbocycles.